The van der Waals surface area contributed by atoms with Crippen molar-refractivity contribution in [3.05, 3.63) is 59.5 Å². The third-order valence-electron chi connectivity index (χ3n) is 2.89. The van der Waals surface area contributed by atoms with Gasteiger partial charge < -0.3 is 14.5 Å². The Balaban J connectivity index is 2.20. The maximum absolute atomic E-state index is 12.1. The van der Waals surface area contributed by atoms with Gasteiger partial charge in [0.15, 0.2) is 11.8 Å². The van der Waals surface area contributed by atoms with Crippen molar-refractivity contribution in [2.75, 3.05) is 6.61 Å². The Hall–Kier alpha value is -2.56. The summed E-state index contributed by atoms with van der Waals surface area (Å²) in [4.78, 5) is 24.2. The van der Waals surface area contributed by atoms with Crippen LogP contribution in [0, 0.1) is 6.92 Å². The van der Waals surface area contributed by atoms with Gasteiger partial charge in [0, 0.05) is 0 Å². The van der Waals surface area contributed by atoms with Crippen LogP contribution in [0.15, 0.2) is 46.9 Å². The lowest BCUT2D eigenvalue weighted by atomic mass is 10.1. The first-order chi connectivity index (χ1) is 10.1. The molecule has 0 bridgehead atoms. The van der Waals surface area contributed by atoms with Crippen LogP contribution >= 0.6 is 0 Å². The van der Waals surface area contributed by atoms with Crippen molar-refractivity contribution in [1.29, 1.82) is 0 Å². The number of rotatable bonds is 5. The van der Waals surface area contributed by atoms with Crippen LogP contribution in [0.25, 0.3) is 0 Å². The number of amides is 1. The molecule has 0 aliphatic carbocycles. The lowest BCUT2D eigenvalue weighted by Gasteiger charge is -2.17. The maximum Gasteiger partial charge on any atom is 0.333 e. The zero-order valence-corrected chi connectivity index (χ0v) is 12.0. The molecule has 1 aromatic carbocycles. The predicted octanol–water partition coefficient (Wildman–Crippen LogP) is 2.62. The molecule has 1 unspecified atom stereocenters. The number of carbonyl (C=O) groups excluding carboxylic acids is 2. The fourth-order valence-electron chi connectivity index (χ4n) is 1.91. The zero-order chi connectivity index (χ0) is 15.2. The van der Waals surface area contributed by atoms with Gasteiger partial charge in [0.25, 0.3) is 5.91 Å². The van der Waals surface area contributed by atoms with E-state index < -0.39 is 17.9 Å². The zero-order valence-electron chi connectivity index (χ0n) is 12.0. The summed E-state index contributed by atoms with van der Waals surface area (Å²) in [7, 11) is 0. The number of aryl methyl sites for hydroxylation is 1. The molecule has 1 N–H and O–H groups in total. The molecule has 1 amide bonds. The molecule has 0 aliphatic rings. The van der Waals surface area contributed by atoms with E-state index in [1.165, 1.54) is 0 Å². The SMILES string of the molecule is CCOC(=O)C(NC(=O)c1ccc(C)o1)c1ccccc1. The van der Waals surface area contributed by atoms with E-state index in [-0.39, 0.29) is 12.4 Å². The van der Waals surface area contributed by atoms with Gasteiger partial charge in [0.1, 0.15) is 5.76 Å². The van der Waals surface area contributed by atoms with Crippen LogP contribution in [0.4, 0.5) is 0 Å². The molecule has 0 saturated carbocycles. The number of hydrogen-bond acceptors (Lipinski definition) is 4. The Morgan fingerprint density at radius 3 is 2.48 bits per heavy atom. The van der Waals surface area contributed by atoms with Crippen molar-refractivity contribution in [2.24, 2.45) is 0 Å². The van der Waals surface area contributed by atoms with Crippen molar-refractivity contribution < 1.29 is 18.7 Å². The van der Waals surface area contributed by atoms with Crippen LogP contribution in [0.5, 0.6) is 0 Å². The minimum absolute atomic E-state index is 0.165. The number of carbonyl (C=O) groups is 2. The molecule has 0 radical (unpaired) electrons. The standard InChI is InChI=1S/C16H17NO4/c1-3-20-16(19)14(12-7-5-4-6-8-12)17-15(18)13-10-9-11(2)21-13/h4-10,14H,3H2,1-2H3,(H,17,18). The van der Waals surface area contributed by atoms with Crippen LogP contribution in [0.3, 0.4) is 0 Å². The Bertz CT molecular complexity index is 618. The molecule has 0 spiro atoms. The van der Waals surface area contributed by atoms with E-state index in [1.807, 2.05) is 6.07 Å². The Morgan fingerprint density at radius 2 is 1.90 bits per heavy atom. The van der Waals surface area contributed by atoms with E-state index in [9.17, 15) is 9.59 Å². The highest BCUT2D eigenvalue weighted by Crippen LogP contribution is 2.16. The smallest absolute Gasteiger partial charge is 0.333 e. The molecule has 2 aromatic rings. The summed E-state index contributed by atoms with van der Waals surface area (Å²) in [6, 6.07) is 11.3. The average molecular weight is 287 g/mol. The second-order valence-electron chi connectivity index (χ2n) is 4.48. The molecule has 0 saturated heterocycles. The quantitative estimate of drug-likeness (QED) is 0.858. The van der Waals surface area contributed by atoms with Crippen molar-refractivity contribution in [2.45, 2.75) is 19.9 Å². The van der Waals surface area contributed by atoms with E-state index in [0.29, 0.717) is 11.3 Å². The summed E-state index contributed by atoms with van der Waals surface area (Å²) in [6.45, 7) is 3.71. The van der Waals surface area contributed by atoms with Gasteiger partial charge >= 0.3 is 5.97 Å². The maximum atomic E-state index is 12.1. The summed E-state index contributed by atoms with van der Waals surface area (Å²) in [5.41, 5.74) is 0.660. The van der Waals surface area contributed by atoms with Gasteiger partial charge in [-0.2, -0.15) is 0 Å². The van der Waals surface area contributed by atoms with E-state index in [4.69, 9.17) is 9.15 Å². The first-order valence-corrected chi connectivity index (χ1v) is 6.70. The monoisotopic (exact) mass is 287 g/mol. The van der Waals surface area contributed by atoms with Gasteiger partial charge in [-0.3, -0.25) is 4.79 Å². The van der Waals surface area contributed by atoms with Gasteiger partial charge in [-0.15, -0.1) is 0 Å². The predicted molar refractivity (Wildman–Crippen MR) is 76.7 cm³/mol. The normalized spacial score (nSPS) is 11.7. The van der Waals surface area contributed by atoms with Crippen LogP contribution in [0.2, 0.25) is 0 Å². The Kier molecular flexibility index (Phi) is 4.77. The largest absolute Gasteiger partial charge is 0.464 e. The van der Waals surface area contributed by atoms with Crippen LogP contribution in [-0.4, -0.2) is 18.5 Å². The number of benzene rings is 1. The van der Waals surface area contributed by atoms with Gasteiger partial charge in [0.2, 0.25) is 0 Å². The summed E-state index contributed by atoms with van der Waals surface area (Å²) in [5.74, 6) is -0.157. The fourth-order valence-corrected chi connectivity index (χ4v) is 1.91. The van der Waals surface area contributed by atoms with E-state index in [0.717, 1.165) is 0 Å². The van der Waals surface area contributed by atoms with Crippen LogP contribution in [-0.2, 0) is 9.53 Å². The van der Waals surface area contributed by atoms with Gasteiger partial charge in [-0.1, -0.05) is 30.3 Å². The minimum atomic E-state index is -0.857. The highest BCUT2D eigenvalue weighted by molar-refractivity contribution is 5.94. The number of nitrogens with one attached hydrogen (secondary N) is 1. The number of ether oxygens (including phenoxy) is 1. The van der Waals surface area contributed by atoms with E-state index in [2.05, 4.69) is 5.32 Å². The third-order valence-corrected chi connectivity index (χ3v) is 2.89. The molecular weight excluding hydrogens is 270 g/mol. The number of furan rings is 1. The second kappa shape index (κ2) is 6.74. The molecule has 1 atom stereocenters. The van der Waals surface area contributed by atoms with Crippen LogP contribution in [0.1, 0.15) is 34.8 Å². The molecule has 110 valence electrons. The summed E-state index contributed by atoms with van der Waals surface area (Å²) < 4.78 is 10.3. The highest BCUT2D eigenvalue weighted by Gasteiger charge is 2.25. The van der Waals surface area contributed by atoms with E-state index >= 15 is 0 Å². The second-order valence-corrected chi connectivity index (χ2v) is 4.48. The fraction of sp³-hybridized carbons (Fsp3) is 0.250. The minimum Gasteiger partial charge on any atom is -0.464 e. The first-order valence-electron chi connectivity index (χ1n) is 6.70. The number of hydrogen-bond donors (Lipinski definition) is 1. The molecule has 21 heavy (non-hydrogen) atoms. The summed E-state index contributed by atoms with van der Waals surface area (Å²) in [5, 5.41) is 2.64. The van der Waals surface area contributed by atoms with Crippen LogP contribution < -0.4 is 5.32 Å². The Labute approximate surface area is 122 Å². The van der Waals surface area contributed by atoms with Crippen molar-refractivity contribution in [1.82, 2.24) is 5.32 Å². The summed E-state index contributed by atoms with van der Waals surface area (Å²) in [6.07, 6.45) is 0. The lowest BCUT2D eigenvalue weighted by Crippen LogP contribution is -2.34. The van der Waals surface area contributed by atoms with Gasteiger partial charge in [-0.05, 0) is 31.5 Å². The Morgan fingerprint density at radius 1 is 1.19 bits per heavy atom. The van der Waals surface area contributed by atoms with Gasteiger partial charge in [0.05, 0.1) is 6.61 Å². The third kappa shape index (κ3) is 3.72. The topological polar surface area (TPSA) is 68.5 Å². The average Bonchev–Trinajstić information content (AvgIpc) is 2.92. The first kappa shape index (κ1) is 14.8. The molecule has 0 aliphatic heterocycles. The van der Waals surface area contributed by atoms with E-state index in [1.54, 1.807) is 50.2 Å². The molecule has 5 heteroatoms. The molecule has 5 nitrogen and oxygen atoms in total. The molecule has 1 aromatic heterocycles. The highest BCUT2D eigenvalue weighted by atomic mass is 16.5. The molecule has 0 fully saturated rings. The van der Waals surface area contributed by atoms with Crippen molar-refractivity contribution in [3.63, 3.8) is 0 Å². The summed E-state index contributed by atoms with van der Waals surface area (Å²) >= 11 is 0. The molecule has 1 heterocycles. The molecular formula is C16H17NO4. The van der Waals surface area contributed by atoms with Crippen molar-refractivity contribution in [3.8, 4) is 0 Å². The molecule has 2 rings (SSSR count). The number of esters is 1. The van der Waals surface area contributed by atoms with Gasteiger partial charge in [-0.25, -0.2) is 4.79 Å². The van der Waals surface area contributed by atoms with Crippen molar-refractivity contribution >= 4 is 11.9 Å². The lowest BCUT2D eigenvalue weighted by molar-refractivity contribution is -0.145.